The van der Waals surface area contributed by atoms with Crippen LogP contribution in [0.5, 0.6) is 11.5 Å². The Balaban J connectivity index is 2.26. The highest BCUT2D eigenvalue weighted by Gasteiger charge is 1.99. The van der Waals surface area contributed by atoms with E-state index in [1.165, 1.54) is 0 Å². The van der Waals surface area contributed by atoms with Gasteiger partial charge in [0.2, 0.25) is 0 Å². The summed E-state index contributed by atoms with van der Waals surface area (Å²) in [7, 11) is 2.04. The van der Waals surface area contributed by atoms with Crippen LogP contribution in [0.4, 0.5) is 0 Å². The molecule has 102 valence electrons. The largest absolute Gasteiger partial charge is 0.494 e. The first-order valence-corrected chi connectivity index (χ1v) is 6.50. The van der Waals surface area contributed by atoms with E-state index in [1.807, 2.05) is 31.3 Å². The molecule has 1 aromatic carbocycles. The monoisotopic (exact) mass is 252 g/mol. The van der Waals surface area contributed by atoms with Gasteiger partial charge in [-0.15, -0.1) is 0 Å². The summed E-state index contributed by atoms with van der Waals surface area (Å²) in [6, 6.07) is 7.75. The number of ether oxygens (including phenoxy) is 2. The lowest BCUT2D eigenvalue weighted by Crippen LogP contribution is -2.29. The fourth-order valence-corrected chi connectivity index (χ4v) is 1.50. The zero-order valence-corrected chi connectivity index (χ0v) is 11.4. The van der Waals surface area contributed by atoms with Crippen molar-refractivity contribution in [2.24, 2.45) is 5.73 Å². The molecule has 0 unspecified atom stereocenters. The van der Waals surface area contributed by atoms with E-state index in [-0.39, 0.29) is 0 Å². The fraction of sp³-hybridized carbons (Fsp3) is 0.571. The predicted molar refractivity (Wildman–Crippen MR) is 74.3 cm³/mol. The Morgan fingerprint density at radius 2 is 1.56 bits per heavy atom. The standard InChI is InChI=1S/C14H24N2O2/c1-3-11-17-13-4-6-14(7-5-13)18-12-10-16(2)9-8-15/h4-7H,3,8-12,15H2,1-2H3. The van der Waals surface area contributed by atoms with Crippen molar-refractivity contribution in [3.8, 4) is 11.5 Å². The quantitative estimate of drug-likeness (QED) is 0.727. The van der Waals surface area contributed by atoms with Gasteiger partial charge in [0.1, 0.15) is 18.1 Å². The smallest absolute Gasteiger partial charge is 0.119 e. The van der Waals surface area contributed by atoms with E-state index < -0.39 is 0 Å². The second-order valence-corrected chi connectivity index (χ2v) is 4.26. The summed E-state index contributed by atoms with van der Waals surface area (Å²) in [6.07, 6.45) is 1.02. The van der Waals surface area contributed by atoms with Crippen LogP contribution in [0, 0.1) is 0 Å². The Morgan fingerprint density at radius 3 is 2.06 bits per heavy atom. The molecule has 0 amide bonds. The molecular weight excluding hydrogens is 228 g/mol. The second-order valence-electron chi connectivity index (χ2n) is 4.26. The molecule has 0 aliphatic carbocycles. The van der Waals surface area contributed by atoms with Crippen LogP contribution >= 0.6 is 0 Å². The lowest BCUT2D eigenvalue weighted by atomic mass is 10.3. The van der Waals surface area contributed by atoms with Crippen LogP contribution < -0.4 is 15.2 Å². The lowest BCUT2D eigenvalue weighted by Gasteiger charge is -2.15. The summed E-state index contributed by atoms with van der Waals surface area (Å²) in [5, 5.41) is 0. The van der Waals surface area contributed by atoms with Gasteiger partial charge < -0.3 is 20.1 Å². The van der Waals surface area contributed by atoms with Crippen LogP contribution in [-0.4, -0.2) is 44.8 Å². The number of hydrogen-bond donors (Lipinski definition) is 1. The highest BCUT2D eigenvalue weighted by molar-refractivity contribution is 5.31. The van der Waals surface area contributed by atoms with Crippen LogP contribution in [0.25, 0.3) is 0 Å². The maximum Gasteiger partial charge on any atom is 0.119 e. The molecule has 18 heavy (non-hydrogen) atoms. The first kappa shape index (κ1) is 14.8. The van der Waals surface area contributed by atoms with E-state index in [0.29, 0.717) is 13.2 Å². The Bertz CT molecular complexity index is 314. The van der Waals surface area contributed by atoms with Crippen molar-refractivity contribution in [2.75, 3.05) is 39.9 Å². The van der Waals surface area contributed by atoms with Crippen LogP contribution in [0.15, 0.2) is 24.3 Å². The average molecular weight is 252 g/mol. The summed E-state index contributed by atoms with van der Waals surface area (Å²) in [5.74, 6) is 1.77. The first-order valence-electron chi connectivity index (χ1n) is 6.50. The average Bonchev–Trinajstić information content (AvgIpc) is 2.38. The fourth-order valence-electron chi connectivity index (χ4n) is 1.50. The van der Waals surface area contributed by atoms with E-state index in [9.17, 15) is 0 Å². The van der Waals surface area contributed by atoms with Crippen LogP contribution in [0.2, 0.25) is 0 Å². The summed E-state index contributed by atoms with van der Waals surface area (Å²) < 4.78 is 11.2. The molecule has 4 heteroatoms. The lowest BCUT2D eigenvalue weighted by molar-refractivity contribution is 0.240. The molecular formula is C14H24N2O2. The van der Waals surface area contributed by atoms with E-state index in [4.69, 9.17) is 15.2 Å². The third-order valence-corrected chi connectivity index (χ3v) is 2.55. The molecule has 0 atom stereocenters. The normalized spacial score (nSPS) is 10.7. The molecule has 4 nitrogen and oxygen atoms in total. The van der Waals surface area contributed by atoms with Crippen molar-refractivity contribution in [3.05, 3.63) is 24.3 Å². The number of benzene rings is 1. The summed E-state index contributed by atoms with van der Waals surface area (Å²) in [6.45, 7) is 5.98. The number of hydrogen-bond acceptors (Lipinski definition) is 4. The molecule has 0 aliphatic rings. The molecule has 0 fully saturated rings. The van der Waals surface area contributed by atoms with Crippen molar-refractivity contribution in [2.45, 2.75) is 13.3 Å². The molecule has 0 saturated heterocycles. The maximum absolute atomic E-state index is 5.64. The van der Waals surface area contributed by atoms with Crippen molar-refractivity contribution in [1.82, 2.24) is 4.90 Å². The summed E-state index contributed by atoms with van der Waals surface area (Å²) >= 11 is 0. The predicted octanol–water partition coefficient (Wildman–Crippen LogP) is 1.74. The third kappa shape index (κ3) is 5.89. The van der Waals surface area contributed by atoms with Gasteiger partial charge in [-0.25, -0.2) is 0 Å². The first-order chi connectivity index (χ1) is 8.76. The van der Waals surface area contributed by atoms with E-state index in [1.54, 1.807) is 0 Å². The van der Waals surface area contributed by atoms with Gasteiger partial charge in [0.05, 0.1) is 6.61 Å². The topological polar surface area (TPSA) is 47.7 Å². The van der Waals surface area contributed by atoms with E-state index >= 15 is 0 Å². The van der Waals surface area contributed by atoms with Gasteiger partial charge in [0, 0.05) is 19.6 Å². The maximum atomic E-state index is 5.64. The van der Waals surface area contributed by atoms with Crippen molar-refractivity contribution < 1.29 is 9.47 Å². The van der Waals surface area contributed by atoms with Crippen LogP contribution in [0.1, 0.15) is 13.3 Å². The van der Waals surface area contributed by atoms with Gasteiger partial charge >= 0.3 is 0 Å². The van der Waals surface area contributed by atoms with Gasteiger partial charge in [-0.1, -0.05) is 6.92 Å². The Morgan fingerprint density at radius 1 is 1.00 bits per heavy atom. The Labute approximate surface area is 110 Å². The number of rotatable bonds is 9. The van der Waals surface area contributed by atoms with Gasteiger partial charge in [-0.3, -0.25) is 0 Å². The van der Waals surface area contributed by atoms with Gasteiger partial charge in [-0.2, -0.15) is 0 Å². The zero-order chi connectivity index (χ0) is 13.2. The highest BCUT2D eigenvalue weighted by Crippen LogP contribution is 2.17. The van der Waals surface area contributed by atoms with Crippen molar-refractivity contribution >= 4 is 0 Å². The summed E-state index contributed by atoms with van der Waals surface area (Å²) in [4.78, 5) is 2.15. The molecule has 0 saturated carbocycles. The minimum atomic E-state index is 0.672. The molecule has 0 heterocycles. The highest BCUT2D eigenvalue weighted by atomic mass is 16.5. The van der Waals surface area contributed by atoms with Gasteiger partial charge in [0.15, 0.2) is 0 Å². The second kappa shape index (κ2) is 8.78. The molecule has 1 rings (SSSR count). The molecule has 2 N–H and O–H groups in total. The SMILES string of the molecule is CCCOc1ccc(OCCN(C)CCN)cc1. The number of likely N-dealkylation sites (N-methyl/N-ethyl adjacent to an activating group) is 1. The molecule has 0 bridgehead atoms. The zero-order valence-electron chi connectivity index (χ0n) is 11.4. The van der Waals surface area contributed by atoms with Crippen LogP contribution in [-0.2, 0) is 0 Å². The molecule has 1 aromatic rings. The Kier molecular flexibility index (Phi) is 7.22. The van der Waals surface area contributed by atoms with E-state index in [0.717, 1.165) is 37.6 Å². The van der Waals surface area contributed by atoms with Gasteiger partial charge in [0.25, 0.3) is 0 Å². The number of nitrogens with two attached hydrogens (primary N) is 1. The van der Waals surface area contributed by atoms with Crippen molar-refractivity contribution in [1.29, 1.82) is 0 Å². The minimum Gasteiger partial charge on any atom is -0.494 e. The van der Waals surface area contributed by atoms with Crippen LogP contribution in [0.3, 0.4) is 0 Å². The van der Waals surface area contributed by atoms with Gasteiger partial charge in [-0.05, 0) is 37.7 Å². The minimum absolute atomic E-state index is 0.672. The summed E-state index contributed by atoms with van der Waals surface area (Å²) in [5.41, 5.74) is 5.47. The molecule has 0 aromatic heterocycles. The van der Waals surface area contributed by atoms with E-state index in [2.05, 4.69) is 11.8 Å². The number of nitrogens with zero attached hydrogens (tertiary/aromatic N) is 1. The molecule has 0 radical (unpaired) electrons. The third-order valence-electron chi connectivity index (χ3n) is 2.55. The molecule has 0 aliphatic heterocycles. The Hall–Kier alpha value is -1.26. The van der Waals surface area contributed by atoms with Crippen molar-refractivity contribution in [3.63, 3.8) is 0 Å². The molecule has 0 spiro atoms.